The molecule has 0 aromatic carbocycles. The maximum Gasteiger partial charge on any atom is 0.306 e. The second kappa shape index (κ2) is 21.6. The molecule has 0 aliphatic carbocycles. The second-order valence-electron chi connectivity index (χ2n) is 8.62. The Kier molecular flexibility index (Phi) is 20.8. The molecule has 0 unspecified atom stereocenters. The van der Waals surface area contributed by atoms with Crippen LogP contribution in [-0.4, -0.2) is 16.9 Å². The lowest BCUT2D eigenvalue weighted by Gasteiger charge is -2.12. The summed E-state index contributed by atoms with van der Waals surface area (Å²) in [5.41, 5.74) is 0. The number of hydrogen-bond donors (Lipinski definition) is 1. The molecule has 0 saturated carbocycles. The van der Waals surface area contributed by atoms with Crippen LogP contribution in [0.25, 0.3) is 0 Å². The van der Waals surface area contributed by atoms with Crippen LogP contribution in [0.5, 0.6) is 0 Å². The highest BCUT2D eigenvalue weighted by Crippen LogP contribution is 2.19. The number of aliphatic carboxylic acids is 1. The molecule has 0 saturated heterocycles. The molecule has 29 heavy (non-hydrogen) atoms. The third-order valence-electron chi connectivity index (χ3n) is 5.76. The molecule has 0 aromatic rings. The highest BCUT2D eigenvalue weighted by molar-refractivity contribution is 5.89. The van der Waals surface area contributed by atoms with E-state index in [1.165, 1.54) is 57.8 Å². The first kappa shape index (κ1) is 27.9. The highest BCUT2D eigenvalue weighted by Gasteiger charge is 2.16. The summed E-state index contributed by atoms with van der Waals surface area (Å²) in [7, 11) is 0. The van der Waals surface area contributed by atoms with Gasteiger partial charge in [-0.3, -0.25) is 9.59 Å². The van der Waals surface area contributed by atoms with Crippen LogP contribution >= 0.6 is 0 Å². The first-order valence-corrected chi connectivity index (χ1v) is 12.5. The fourth-order valence-corrected chi connectivity index (χ4v) is 3.77. The van der Waals surface area contributed by atoms with Gasteiger partial charge in [0.05, 0.1) is 5.92 Å². The van der Waals surface area contributed by atoms with E-state index in [9.17, 15) is 14.7 Å². The van der Waals surface area contributed by atoms with E-state index >= 15 is 0 Å². The lowest BCUT2D eigenvalue weighted by molar-refractivity contribution is -0.142. The van der Waals surface area contributed by atoms with E-state index in [1.54, 1.807) is 6.08 Å². The van der Waals surface area contributed by atoms with Crippen molar-refractivity contribution in [3.05, 3.63) is 12.2 Å². The molecule has 3 nitrogen and oxygen atoms in total. The summed E-state index contributed by atoms with van der Waals surface area (Å²) in [5, 5.41) is 9.38. The van der Waals surface area contributed by atoms with Crippen LogP contribution < -0.4 is 0 Å². The maximum absolute atomic E-state index is 11.8. The average molecular weight is 409 g/mol. The molecular formula is C26H48O3. The Morgan fingerprint density at radius 3 is 1.72 bits per heavy atom. The Bertz CT molecular complexity index is 414. The molecule has 170 valence electrons. The summed E-state index contributed by atoms with van der Waals surface area (Å²) < 4.78 is 0. The van der Waals surface area contributed by atoms with Crippen molar-refractivity contribution in [1.82, 2.24) is 0 Å². The van der Waals surface area contributed by atoms with E-state index in [-0.39, 0.29) is 11.7 Å². The summed E-state index contributed by atoms with van der Waals surface area (Å²) in [6.45, 7) is 4.42. The van der Waals surface area contributed by atoms with Gasteiger partial charge in [0.25, 0.3) is 0 Å². The molecule has 0 heterocycles. The number of hydrogen-bond acceptors (Lipinski definition) is 2. The monoisotopic (exact) mass is 408 g/mol. The molecule has 0 amide bonds. The van der Waals surface area contributed by atoms with Gasteiger partial charge in [0.2, 0.25) is 0 Å². The topological polar surface area (TPSA) is 54.4 Å². The summed E-state index contributed by atoms with van der Waals surface area (Å²) in [5.74, 6) is -0.527. The summed E-state index contributed by atoms with van der Waals surface area (Å²) >= 11 is 0. The van der Waals surface area contributed by atoms with Gasteiger partial charge < -0.3 is 5.11 Å². The Labute approximate surface area is 180 Å². The number of rotatable bonds is 22. The van der Waals surface area contributed by atoms with Gasteiger partial charge in [0.15, 0.2) is 5.78 Å². The number of carbonyl (C=O) groups excluding carboxylic acids is 1. The number of unbranched alkanes of at least 4 members (excludes halogenated alkanes) is 13. The van der Waals surface area contributed by atoms with Crippen LogP contribution in [0.4, 0.5) is 0 Å². The quantitative estimate of drug-likeness (QED) is 0.145. The van der Waals surface area contributed by atoms with Crippen molar-refractivity contribution in [1.29, 1.82) is 0 Å². The molecule has 0 aromatic heterocycles. The lowest BCUT2D eigenvalue weighted by Crippen LogP contribution is -2.13. The van der Waals surface area contributed by atoms with Crippen LogP contribution in [-0.2, 0) is 9.59 Å². The first-order chi connectivity index (χ1) is 14.1. The van der Waals surface area contributed by atoms with Crippen molar-refractivity contribution in [2.75, 3.05) is 0 Å². The van der Waals surface area contributed by atoms with Crippen molar-refractivity contribution in [2.24, 2.45) is 5.92 Å². The van der Waals surface area contributed by atoms with Crippen LogP contribution in [0, 0.1) is 5.92 Å². The lowest BCUT2D eigenvalue weighted by atomic mass is 9.94. The Morgan fingerprint density at radius 2 is 1.17 bits per heavy atom. The molecular weight excluding hydrogens is 360 g/mol. The molecule has 0 rings (SSSR count). The fourth-order valence-electron chi connectivity index (χ4n) is 3.77. The minimum Gasteiger partial charge on any atom is -0.481 e. The van der Waals surface area contributed by atoms with Crippen molar-refractivity contribution in [3.8, 4) is 0 Å². The molecule has 0 radical (unpaired) electrons. The Balaban J connectivity index is 3.59. The van der Waals surface area contributed by atoms with Crippen molar-refractivity contribution in [3.63, 3.8) is 0 Å². The summed E-state index contributed by atoms with van der Waals surface area (Å²) in [4.78, 5) is 23.2. The normalized spacial score (nSPS) is 12.5. The van der Waals surface area contributed by atoms with Gasteiger partial charge in [-0.15, -0.1) is 0 Å². The third kappa shape index (κ3) is 19.9. The Hall–Kier alpha value is -1.12. The predicted octanol–water partition coefficient (Wildman–Crippen LogP) is 8.26. The van der Waals surface area contributed by atoms with E-state index in [1.807, 2.05) is 6.08 Å². The van der Waals surface area contributed by atoms with Gasteiger partial charge in [-0.05, 0) is 38.2 Å². The SMILES string of the molecule is CCCCCCC/C=C/C(=O)CCCCCCC[C@@H](CCCCCCC)C(=O)O. The van der Waals surface area contributed by atoms with Crippen LogP contribution in [0.1, 0.15) is 136 Å². The molecule has 1 atom stereocenters. The van der Waals surface area contributed by atoms with Gasteiger partial charge in [-0.25, -0.2) is 0 Å². The molecule has 3 heteroatoms. The predicted molar refractivity (Wildman–Crippen MR) is 124 cm³/mol. The molecule has 0 aliphatic rings. The van der Waals surface area contributed by atoms with Crippen LogP contribution in [0.3, 0.4) is 0 Å². The van der Waals surface area contributed by atoms with E-state index in [4.69, 9.17) is 0 Å². The number of carbonyl (C=O) groups is 2. The molecule has 1 N–H and O–H groups in total. The van der Waals surface area contributed by atoms with E-state index in [0.717, 1.165) is 57.8 Å². The van der Waals surface area contributed by atoms with Gasteiger partial charge >= 0.3 is 5.97 Å². The second-order valence-corrected chi connectivity index (χ2v) is 8.62. The number of ketones is 1. The largest absolute Gasteiger partial charge is 0.481 e. The first-order valence-electron chi connectivity index (χ1n) is 12.5. The van der Waals surface area contributed by atoms with E-state index in [0.29, 0.717) is 6.42 Å². The zero-order chi connectivity index (χ0) is 21.6. The van der Waals surface area contributed by atoms with Gasteiger partial charge in [-0.1, -0.05) is 103 Å². The highest BCUT2D eigenvalue weighted by atomic mass is 16.4. The minimum atomic E-state index is -0.622. The van der Waals surface area contributed by atoms with Crippen molar-refractivity contribution in [2.45, 2.75) is 136 Å². The smallest absolute Gasteiger partial charge is 0.306 e. The minimum absolute atomic E-state index is 0.162. The zero-order valence-corrected chi connectivity index (χ0v) is 19.4. The number of carboxylic acid groups (broad SMARTS) is 1. The standard InChI is InChI=1S/C26H48O3/c1-3-5-7-9-10-14-18-22-25(27)23-19-15-11-13-17-21-24(26(28)29)20-16-12-8-6-4-2/h18,22,24H,3-17,19-21,23H2,1-2H3,(H,28,29)/b22-18+/t24-/m1/s1. The Morgan fingerprint density at radius 1 is 0.690 bits per heavy atom. The fraction of sp³-hybridized carbons (Fsp3) is 0.846. The van der Waals surface area contributed by atoms with Crippen LogP contribution in [0.15, 0.2) is 12.2 Å². The van der Waals surface area contributed by atoms with E-state index < -0.39 is 5.97 Å². The zero-order valence-electron chi connectivity index (χ0n) is 19.4. The van der Waals surface area contributed by atoms with E-state index in [2.05, 4.69) is 13.8 Å². The van der Waals surface area contributed by atoms with Crippen molar-refractivity contribution < 1.29 is 14.7 Å². The number of allylic oxidation sites excluding steroid dienone is 2. The molecule has 0 aliphatic heterocycles. The van der Waals surface area contributed by atoms with Gasteiger partial charge in [-0.2, -0.15) is 0 Å². The third-order valence-corrected chi connectivity index (χ3v) is 5.76. The summed E-state index contributed by atoms with van der Waals surface area (Å²) in [6.07, 6.45) is 24.7. The van der Waals surface area contributed by atoms with Crippen LogP contribution in [0.2, 0.25) is 0 Å². The van der Waals surface area contributed by atoms with Gasteiger partial charge in [0, 0.05) is 6.42 Å². The molecule has 0 bridgehead atoms. The van der Waals surface area contributed by atoms with Crippen molar-refractivity contribution >= 4 is 11.8 Å². The average Bonchev–Trinajstić information content (AvgIpc) is 2.70. The molecule has 0 spiro atoms. The van der Waals surface area contributed by atoms with Gasteiger partial charge in [0.1, 0.15) is 0 Å². The maximum atomic E-state index is 11.8. The number of carboxylic acids is 1. The molecule has 0 fully saturated rings. The summed E-state index contributed by atoms with van der Waals surface area (Å²) in [6, 6.07) is 0.